The maximum atomic E-state index is 6.24. The Morgan fingerprint density at radius 3 is 2.81 bits per heavy atom. The molecule has 0 bridgehead atoms. The van der Waals surface area contributed by atoms with Crippen LogP contribution in [0.25, 0.3) is 17.1 Å². The summed E-state index contributed by atoms with van der Waals surface area (Å²) in [6, 6.07) is 16.5. The van der Waals surface area contributed by atoms with Crippen LogP contribution in [0.5, 0.6) is 5.75 Å². The Morgan fingerprint density at radius 1 is 1.05 bits per heavy atom. The lowest BCUT2D eigenvalue weighted by atomic mass is 10.0. The minimum Gasteiger partial charge on any atom is -0.489 e. The van der Waals surface area contributed by atoms with Gasteiger partial charge in [0.15, 0.2) is 5.82 Å². The summed E-state index contributed by atoms with van der Waals surface area (Å²) in [5, 5.41) is 16.9. The van der Waals surface area contributed by atoms with E-state index in [2.05, 4.69) is 73.8 Å². The number of ether oxygens (including phenoxy) is 1. The van der Waals surface area contributed by atoms with Gasteiger partial charge in [-0.2, -0.15) is 9.67 Å². The first-order chi connectivity index (χ1) is 18.0. The van der Waals surface area contributed by atoms with Crippen LogP contribution < -0.4 is 20.7 Å². The van der Waals surface area contributed by atoms with Crippen LogP contribution in [0.1, 0.15) is 17.5 Å². The normalized spacial score (nSPS) is 14.4. The molecular weight excluding hydrogens is 466 g/mol. The predicted octanol–water partition coefficient (Wildman–Crippen LogP) is 3.30. The molecule has 0 saturated heterocycles. The lowest BCUT2D eigenvalue weighted by Gasteiger charge is -2.32. The number of hydrogen-bond acceptors (Lipinski definition) is 9. The van der Waals surface area contributed by atoms with Crippen LogP contribution in [0.3, 0.4) is 0 Å². The molecule has 0 atom stereocenters. The van der Waals surface area contributed by atoms with Gasteiger partial charge in [-0.3, -0.25) is 0 Å². The molecule has 2 aliphatic rings. The molecule has 1 aliphatic heterocycles. The Hall–Kier alpha value is -4.18. The molecule has 0 spiro atoms. The quantitative estimate of drug-likeness (QED) is 0.415. The van der Waals surface area contributed by atoms with E-state index < -0.39 is 0 Å². The lowest BCUT2D eigenvalue weighted by Crippen LogP contribution is -2.37. The number of aryl methyl sites for hydroxylation is 2. The van der Waals surface area contributed by atoms with Crippen molar-refractivity contribution in [3.05, 3.63) is 59.7 Å². The second kappa shape index (κ2) is 9.70. The smallest absolute Gasteiger partial charge is 0.248 e. The molecule has 3 heterocycles. The molecular formula is C27H31N9O. The van der Waals surface area contributed by atoms with Gasteiger partial charge >= 0.3 is 0 Å². The van der Waals surface area contributed by atoms with Crippen molar-refractivity contribution in [1.29, 1.82) is 0 Å². The summed E-state index contributed by atoms with van der Waals surface area (Å²) in [5.74, 6) is 2.04. The Labute approximate surface area is 216 Å². The Bertz CT molecular complexity index is 1430. The van der Waals surface area contributed by atoms with Gasteiger partial charge in [-0.05, 0) is 62.7 Å². The van der Waals surface area contributed by atoms with Gasteiger partial charge in [0.2, 0.25) is 11.9 Å². The van der Waals surface area contributed by atoms with Gasteiger partial charge in [-0.15, -0.1) is 15.3 Å². The van der Waals surface area contributed by atoms with Crippen molar-refractivity contribution in [2.45, 2.75) is 19.3 Å². The molecule has 0 saturated carbocycles. The van der Waals surface area contributed by atoms with Crippen molar-refractivity contribution in [3.8, 4) is 22.8 Å². The summed E-state index contributed by atoms with van der Waals surface area (Å²) in [5.41, 5.74) is 12.7. The van der Waals surface area contributed by atoms with E-state index >= 15 is 0 Å². The molecule has 1 aliphatic carbocycles. The average Bonchev–Trinajstić information content (AvgIpc) is 3.16. The molecule has 190 valence electrons. The molecule has 3 N–H and O–H groups in total. The van der Waals surface area contributed by atoms with E-state index in [0.29, 0.717) is 18.4 Å². The van der Waals surface area contributed by atoms with Gasteiger partial charge in [-0.25, -0.2) is 0 Å². The summed E-state index contributed by atoms with van der Waals surface area (Å²) in [6.07, 6.45) is 3.01. The molecule has 10 heteroatoms. The number of aromatic nitrogens is 5. The van der Waals surface area contributed by atoms with Crippen molar-refractivity contribution in [3.63, 3.8) is 0 Å². The fourth-order valence-electron chi connectivity index (χ4n) is 4.96. The van der Waals surface area contributed by atoms with Crippen molar-refractivity contribution in [2.75, 3.05) is 56.3 Å². The fourth-order valence-corrected chi connectivity index (χ4v) is 4.96. The SMILES string of the molecule is CN(C)CCN1CCOc2cc(Nc3nc(N)n(-c4cc5c(nn4)-c4ccccc4CCC5)n3)ccc21. The fraction of sp³-hybridized carbons (Fsp3) is 0.333. The van der Waals surface area contributed by atoms with E-state index in [1.54, 1.807) is 0 Å². The number of fused-ring (bicyclic) bond motifs is 4. The minimum atomic E-state index is 0.245. The topological polar surface area (TPSA) is 110 Å². The first-order valence-electron chi connectivity index (χ1n) is 12.7. The van der Waals surface area contributed by atoms with Crippen LogP contribution in [-0.2, 0) is 12.8 Å². The Kier molecular flexibility index (Phi) is 6.09. The summed E-state index contributed by atoms with van der Waals surface area (Å²) >= 11 is 0. The largest absolute Gasteiger partial charge is 0.489 e. The summed E-state index contributed by atoms with van der Waals surface area (Å²) in [7, 11) is 4.17. The Morgan fingerprint density at radius 2 is 1.92 bits per heavy atom. The minimum absolute atomic E-state index is 0.245. The third-order valence-corrected chi connectivity index (χ3v) is 6.87. The van der Waals surface area contributed by atoms with Crippen LogP contribution in [0.15, 0.2) is 48.5 Å². The maximum absolute atomic E-state index is 6.24. The number of nitrogen functional groups attached to an aromatic ring is 1. The molecule has 4 aromatic rings. The number of rotatable bonds is 6. The van der Waals surface area contributed by atoms with Gasteiger partial charge in [0, 0.05) is 30.4 Å². The monoisotopic (exact) mass is 497 g/mol. The van der Waals surface area contributed by atoms with Crippen LogP contribution >= 0.6 is 0 Å². The third-order valence-electron chi connectivity index (χ3n) is 6.87. The highest BCUT2D eigenvalue weighted by Gasteiger charge is 2.21. The number of nitrogens with two attached hydrogens (primary N) is 1. The number of nitrogens with zero attached hydrogens (tertiary/aromatic N) is 7. The van der Waals surface area contributed by atoms with Gasteiger partial charge in [0.05, 0.1) is 17.9 Å². The van der Waals surface area contributed by atoms with Crippen molar-refractivity contribution < 1.29 is 4.74 Å². The van der Waals surface area contributed by atoms with Crippen molar-refractivity contribution >= 4 is 23.3 Å². The number of nitrogens with one attached hydrogen (secondary N) is 1. The van der Waals surface area contributed by atoms with Crippen LogP contribution in [-0.4, -0.2) is 70.2 Å². The second-order valence-electron chi connectivity index (χ2n) is 9.74. The van der Waals surface area contributed by atoms with E-state index in [1.807, 2.05) is 24.3 Å². The second-order valence-corrected chi connectivity index (χ2v) is 9.74. The molecule has 0 unspecified atom stereocenters. The van der Waals surface area contributed by atoms with Gasteiger partial charge in [0.1, 0.15) is 12.4 Å². The number of hydrogen-bond donors (Lipinski definition) is 2. The van der Waals surface area contributed by atoms with E-state index in [9.17, 15) is 0 Å². The van der Waals surface area contributed by atoms with Crippen molar-refractivity contribution in [1.82, 2.24) is 29.9 Å². The highest BCUT2D eigenvalue weighted by Crippen LogP contribution is 2.35. The van der Waals surface area contributed by atoms with Crippen LogP contribution in [0.4, 0.5) is 23.3 Å². The third kappa shape index (κ3) is 4.67. The van der Waals surface area contributed by atoms with Crippen LogP contribution in [0.2, 0.25) is 0 Å². The van der Waals surface area contributed by atoms with E-state index in [4.69, 9.17) is 10.5 Å². The molecule has 0 fully saturated rings. The zero-order valence-corrected chi connectivity index (χ0v) is 21.2. The van der Waals surface area contributed by atoms with Crippen molar-refractivity contribution in [2.24, 2.45) is 0 Å². The molecule has 6 rings (SSSR count). The van der Waals surface area contributed by atoms with Crippen LogP contribution in [0, 0.1) is 0 Å². The molecule has 10 nitrogen and oxygen atoms in total. The number of anilines is 4. The maximum Gasteiger partial charge on any atom is 0.248 e. The predicted molar refractivity (Wildman–Crippen MR) is 145 cm³/mol. The average molecular weight is 498 g/mol. The standard InChI is InChI=1S/C27H31N9O/c1-34(2)12-13-35-14-15-37-23-17-20(10-11-22(23)35)29-27-30-26(28)36(33-27)24-16-19-8-5-7-18-6-3-4-9-21(18)25(19)32-31-24/h3-4,6,9-11,16-17H,5,7-8,12-15H2,1-2H3,(H3,28,29,30,33). The zero-order chi connectivity index (χ0) is 25.4. The molecule has 0 radical (unpaired) electrons. The van der Waals surface area contributed by atoms with E-state index in [1.165, 1.54) is 10.2 Å². The molecule has 37 heavy (non-hydrogen) atoms. The number of benzene rings is 2. The van der Waals surface area contributed by atoms with Gasteiger partial charge < -0.3 is 25.6 Å². The zero-order valence-electron chi connectivity index (χ0n) is 21.2. The highest BCUT2D eigenvalue weighted by molar-refractivity contribution is 5.69. The first-order valence-corrected chi connectivity index (χ1v) is 12.7. The van der Waals surface area contributed by atoms with Gasteiger partial charge in [-0.1, -0.05) is 24.3 Å². The molecule has 0 amide bonds. The first kappa shape index (κ1) is 23.2. The summed E-state index contributed by atoms with van der Waals surface area (Å²) in [6.45, 7) is 3.47. The highest BCUT2D eigenvalue weighted by atomic mass is 16.5. The lowest BCUT2D eigenvalue weighted by molar-refractivity contribution is 0.303. The van der Waals surface area contributed by atoms with E-state index in [-0.39, 0.29) is 5.95 Å². The number of likely N-dealkylation sites (N-methyl/N-ethyl adjacent to an activating group) is 1. The summed E-state index contributed by atoms with van der Waals surface area (Å²) in [4.78, 5) is 8.95. The van der Waals surface area contributed by atoms with Gasteiger partial charge in [0.25, 0.3) is 0 Å². The van der Waals surface area contributed by atoms with E-state index in [0.717, 1.165) is 72.8 Å². The molecule has 2 aromatic heterocycles. The summed E-state index contributed by atoms with van der Waals surface area (Å²) < 4.78 is 7.47. The Balaban J connectivity index is 1.23. The molecule has 2 aromatic carbocycles.